The van der Waals surface area contributed by atoms with Crippen molar-refractivity contribution in [2.24, 2.45) is 12.8 Å². The van der Waals surface area contributed by atoms with E-state index >= 15 is 0 Å². The molecule has 3 heteroatoms. The van der Waals surface area contributed by atoms with Crippen LogP contribution in [-0.2, 0) is 13.5 Å². The third-order valence-corrected chi connectivity index (χ3v) is 2.35. The average molecular weight is 181 g/mol. The van der Waals surface area contributed by atoms with Gasteiger partial charge in [-0.25, -0.2) is 0 Å². The highest BCUT2D eigenvalue weighted by Gasteiger charge is 2.03. The molecule has 0 fully saturated rings. The summed E-state index contributed by atoms with van der Waals surface area (Å²) in [4.78, 5) is 0. The molecule has 0 radical (unpaired) electrons. The predicted octanol–water partition coefficient (Wildman–Crippen LogP) is 1.48. The van der Waals surface area contributed by atoms with Crippen molar-refractivity contribution in [2.45, 2.75) is 38.6 Å². The second kappa shape index (κ2) is 5.02. The van der Waals surface area contributed by atoms with Crippen LogP contribution in [0.5, 0.6) is 0 Å². The summed E-state index contributed by atoms with van der Waals surface area (Å²) < 4.78 is 1.92. The van der Waals surface area contributed by atoms with E-state index in [0.717, 1.165) is 19.3 Å². The lowest BCUT2D eigenvalue weighted by Crippen LogP contribution is -2.20. The molecule has 74 valence electrons. The summed E-state index contributed by atoms with van der Waals surface area (Å²) in [6.07, 6.45) is 6.23. The molecule has 3 nitrogen and oxygen atoms in total. The van der Waals surface area contributed by atoms with Crippen molar-refractivity contribution in [3.63, 3.8) is 0 Å². The Balaban J connectivity index is 2.30. The summed E-state index contributed by atoms with van der Waals surface area (Å²) in [6.45, 7) is 2.17. The van der Waals surface area contributed by atoms with Gasteiger partial charge in [-0.3, -0.25) is 4.68 Å². The van der Waals surface area contributed by atoms with Gasteiger partial charge in [-0.2, -0.15) is 5.10 Å². The Bertz CT molecular complexity index is 242. The summed E-state index contributed by atoms with van der Waals surface area (Å²) in [5, 5.41) is 4.12. The maximum absolute atomic E-state index is 5.92. The molecule has 0 amide bonds. The van der Waals surface area contributed by atoms with Gasteiger partial charge in [-0.15, -0.1) is 0 Å². The summed E-state index contributed by atoms with van der Waals surface area (Å²) in [5.41, 5.74) is 7.19. The minimum Gasteiger partial charge on any atom is -0.328 e. The van der Waals surface area contributed by atoms with E-state index in [1.165, 1.54) is 12.1 Å². The van der Waals surface area contributed by atoms with Crippen molar-refractivity contribution in [3.8, 4) is 0 Å². The maximum atomic E-state index is 5.92. The number of hydrogen-bond acceptors (Lipinski definition) is 2. The molecule has 0 aliphatic heterocycles. The van der Waals surface area contributed by atoms with Crippen LogP contribution in [0.25, 0.3) is 0 Å². The molecule has 0 saturated carbocycles. The molecule has 1 aromatic heterocycles. The zero-order valence-electron chi connectivity index (χ0n) is 8.53. The molecule has 13 heavy (non-hydrogen) atoms. The van der Waals surface area contributed by atoms with E-state index in [9.17, 15) is 0 Å². The minimum atomic E-state index is 0.347. The number of nitrogens with two attached hydrogens (primary N) is 1. The van der Waals surface area contributed by atoms with Crippen molar-refractivity contribution >= 4 is 0 Å². The van der Waals surface area contributed by atoms with Gasteiger partial charge in [-0.1, -0.05) is 13.3 Å². The van der Waals surface area contributed by atoms with E-state index in [-0.39, 0.29) is 0 Å². The maximum Gasteiger partial charge on any atom is 0.0492 e. The van der Waals surface area contributed by atoms with Crippen LogP contribution in [0.3, 0.4) is 0 Å². The van der Waals surface area contributed by atoms with E-state index in [2.05, 4.69) is 18.1 Å². The fourth-order valence-electron chi connectivity index (χ4n) is 1.49. The molecule has 0 spiro atoms. The highest BCUT2D eigenvalue weighted by Crippen LogP contribution is 2.05. The van der Waals surface area contributed by atoms with Crippen molar-refractivity contribution in [1.82, 2.24) is 9.78 Å². The van der Waals surface area contributed by atoms with Gasteiger partial charge in [0, 0.05) is 25.0 Å². The van der Waals surface area contributed by atoms with Gasteiger partial charge in [-0.05, 0) is 25.3 Å². The molecule has 1 unspecified atom stereocenters. The molecule has 1 rings (SSSR count). The first-order valence-electron chi connectivity index (χ1n) is 4.96. The van der Waals surface area contributed by atoms with Gasteiger partial charge >= 0.3 is 0 Å². The molecule has 0 aromatic carbocycles. The Kier molecular flexibility index (Phi) is 3.96. The van der Waals surface area contributed by atoms with E-state index in [4.69, 9.17) is 5.73 Å². The summed E-state index contributed by atoms with van der Waals surface area (Å²) in [6, 6.07) is 2.40. The molecule has 0 aliphatic rings. The molecular formula is C10H19N3. The largest absolute Gasteiger partial charge is 0.328 e. The van der Waals surface area contributed by atoms with Gasteiger partial charge in [0.25, 0.3) is 0 Å². The lowest BCUT2D eigenvalue weighted by Gasteiger charge is -2.09. The fraction of sp³-hybridized carbons (Fsp3) is 0.700. The number of hydrogen-bond donors (Lipinski definition) is 1. The first kappa shape index (κ1) is 10.3. The first-order chi connectivity index (χ1) is 6.24. The molecule has 0 aliphatic carbocycles. The first-order valence-corrected chi connectivity index (χ1v) is 4.96. The number of aromatic nitrogens is 2. The van der Waals surface area contributed by atoms with E-state index in [0.29, 0.717) is 6.04 Å². The standard InChI is InChI=1S/C10H19N3/c1-3-4-9(11)5-6-10-7-8-12-13(10)2/h7-9H,3-6,11H2,1-2H3. The van der Waals surface area contributed by atoms with Gasteiger partial charge in [0.15, 0.2) is 0 Å². The van der Waals surface area contributed by atoms with Crippen LogP contribution in [0.4, 0.5) is 0 Å². The van der Waals surface area contributed by atoms with Crippen LogP contribution in [0.1, 0.15) is 31.9 Å². The van der Waals surface area contributed by atoms with Crippen LogP contribution in [0.2, 0.25) is 0 Å². The summed E-state index contributed by atoms with van der Waals surface area (Å²) >= 11 is 0. The van der Waals surface area contributed by atoms with Gasteiger partial charge in [0.2, 0.25) is 0 Å². The molecule has 0 saturated heterocycles. The average Bonchev–Trinajstić information content (AvgIpc) is 2.48. The Morgan fingerprint density at radius 3 is 2.85 bits per heavy atom. The third kappa shape index (κ3) is 3.19. The third-order valence-electron chi connectivity index (χ3n) is 2.35. The molecule has 1 aromatic rings. The summed E-state index contributed by atoms with van der Waals surface area (Å²) in [7, 11) is 1.97. The predicted molar refractivity (Wildman–Crippen MR) is 54.4 cm³/mol. The van der Waals surface area contributed by atoms with Crippen LogP contribution >= 0.6 is 0 Å². The highest BCUT2D eigenvalue weighted by atomic mass is 15.2. The van der Waals surface area contributed by atoms with E-state index < -0.39 is 0 Å². The zero-order chi connectivity index (χ0) is 9.68. The lowest BCUT2D eigenvalue weighted by atomic mass is 10.1. The highest BCUT2D eigenvalue weighted by molar-refractivity contribution is 5.00. The van der Waals surface area contributed by atoms with Crippen molar-refractivity contribution in [3.05, 3.63) is 18.0 Å². The fourth-order valence-corrected chi connectivity index (χ4v) is 1.49. The molecular weight excluding hydrogens is 162 g/mol. The monoisotopic (exact) mass is 181 g/mol. The Labute approximate surface area is 79.9 Å². The normalized spacial score (nSPS) is 13.2. The van der Waals surface area contributed by atoms with Crippen LogP contribution in [0, 0.1) is 0 Å². The number of aryl methyl sites for hydroxylation is 2. The van der Waals surface area contributed by atoms with Crippen LogP contribution in [-0.4, -0.2) is 15.8 Å². The Hall–Kier alpha value is -0.830. The van der Waals surface area contributed by atoms with Crippen LogP contribution < -0.4 is 5.73 Å². The quantitative estimate of drug-likeness (QED) is 0.747. The molecule has 0 bridgehead atoms. The molecule has 2 N–H and O–H groups in total. The van der Waals surface area contributed by atoms with Crippen molar-refractivity contribution in [1.29, 1.82) is 0 Å². The van der Waals surface area contributed by atoms with Gasteiger partial charge in [0.05, 0.1) is 0 Å². The van der Waals surface area contributed by atoms with Gasteiger partial charge in [0.1, 0.15) is 0 Å². The summed E-state index contributed by atoms with van der Waals surface area (Å²) in [5.74, 6) is 0. The van der Waals surface area contributed by atoms with E-state index in [1.807, 2.05) is 17.9 Å². The smallest absolute Gasteiger partial charge is 0.0492 e. The van der Waals surface area contributed by atoms with Crippen LogP contribution in [0.15, 0.2) is 12.3 Å². The topological polar surface area (TPSA) is 43.8 Å². The Morgan fingerprint density at radius 1 is 1.54 bits per heavy atom. The Morgan fingerprint density at radius 2 is 2.31 bits per heavy atom. The lowest BCUT2D eigenvalue weighted by molar-refractivity contribution is 0.547. The van der Waals surface area contributed by atoms with E-state index in [1.54, 1.807) is 0 Å². The second-order valence-electron chi connectivity index (χ2n) is 3.53. The second-order valence-corrected chi connectivity index (χ2v) is 3.53. The van der Waals surface area contributed by atoms with Gasteiger partial charge < -0.3 is 5.73 Å². The number of rotatable bonds is 5. The van der Waals surface area contributed by atoms with Crippen molar-refractivity contribution in [2.75, 3.05) is 0 Å². The molecule has 1 heterocycles. The molecule has 1 atom stereocenters. The number of nitrogens with zero attached hydrogens (tertiary/aromatic N) is 2. The minimum absolute atomic E-state index is 0.347. The zero-order valence-corrected chi connectivity index (χ0v) is 8.53. The SMILES string of the molecule is CCCC(N)CCc1ccnn1C. The van der Waals surface area contributed by atoms with Crippen molar-refractivity contribution < 1.29 is 0 Å².